The minimum atomic E-state index is -1.19. The van der Waals surface area contributed by atoms with Crippen molar-refractivity contribution in [2.75, 3.05) is 0 Å². The monoisotopic (exact) mass is 265 g/mol. The van der Waals surface area contributed by atoms with Gasteiger partial charge in [0.2, 0.25) is 0 Å². The summed E-state index contributed by atoms with van der Waals surface area (Å²) in [6, 6.07) is 15.9. The number of hydrogen-bond donors (Lipinski definition) is 2. The lowest BCUT2D eigenvalue weighted by Crippen LogP contribution is -2.03. The number of rotatable bonds is 2. The van der Waals surface area contributed by atoms with E-state index in [0.29, 0.717) is 16.5 Å². The first kappa shape index (κ1) is 12.2. The van der Waals surface area contributed by atoms with Crippen LogP contribution in [0.25, 0.3) is 22.2 Å². The van der Waals surface area contributed by atoms with Crippen LogP contribution in [0.5, 0.6) is 5.75 Å². The van der Waals surface area contributed by atoms with Crippen molar-refractivity contribution in [3.8, 4) is 17.0 Å². The van der Waals surface area contributed by atoms with E-state index in [4.69, 9.17) is 0 Å². The predicted octanol–water partition coefficient (Wildman–Crippen LogP) is 3.31. The van der Waals surface area contributed by atoms with Gasteiger partial charge in [-0.25, -0.2) is 9.78 Å². The number of fused-ring (bicyclic) bond motifs is 1. The summed E-state index contributed by atoms with van der Waals surface area (Å²) in [7, 11) is 0. The van der Waals surface area contributed by atoms with Gasteiger partial charge >= 0.3 is 5.97 Å². The lowest BCUT2D eigenvalue weighted by atomic mass is 10.0. The molecule has 0 atom stereocenters. The number of benzene rings is 2. The van der Waals surface area contributed by atoms with Gasteiger partial charge < -0.3 is 10.2 Å². The first-order valence-corrected chi connectivity index (χ1v) is 6.09. The number of nitrogens with zero attached hydrogens (tertiary/aromatic N) is 1. The second kappa shape index (κ2) is 4.66. The molecule has 0 amide bonds. The zero-order valence-corrected chi connectivity index (χ0v) is 10.4. The van der Waals surface area contributed by atoms with Crippen molar-refractivity contribution < 1.29 is 15.0 Å². The molecule has 0 saturated carbocycles. The molecule has 0 saturated heterocycles. The Kier molecular flexibility index (Phi) is 2.84. The predicted molar refractivity (Wildman–Crippen MR) is 75.8 cm³/mol. The number of aromatic nitrogens is 1. The lowest BCUT2D eigenvalue weighted by molar-refractivity contribution is 0.0694. The van der Waals surface area contributed by atoms with Crippen molar-refractivity contribution in [2.24, 2.45) is 0 Å². The van der Waals surface area contributed by atoms with Crippen LogP contribution in [0.2, 0.25) is 0 Å². The molecule has 2 aromatic carbocycles. The topological polar surface area (TPSA) is 70.4 Å². The Morgan fingerprint density at radius 1 is 0.950 bits per heavy atom. The molecule has 3 rings (SSSR count). The van der Waals surface area contributed by atoms with Crippen LogP contribution in [0.3, 0.4) is 0 Å². The molecule has 20 heavy (non-hydrogen) atoms. The summed E-state index contributed by atoms with van der Waals surface area (Å²) in [4.78, 5) is 15.8. The van der Waals surface area contributed by atoms with E-state index in [-0.39, 0.29) is 17.0 Å². The molecule has 4 nitrogen and oxygen atoms in total. The maximum atomic E-state index is 11.5. The van der Waals surface area contributed by atoms with Crippen molar-refractivity contribution in [3.05, 3.63) is 60.2 Å². The van der Waals surface area contributed by atoms with Crippen LogP contribution in [0, 0.1) is 0 Å². The van der Waals surface area contributed by atoms with Crippen LogP contribution in [-0.4, -0.2) is 21.2 Å². The van der Waals surface area contributed by atoms with Gasteiger partial charge in [-0.05, 0) is 12.1 Å². The molecule has 1 heterocycles. The van der Waals surface area contributed by atoms with Gasteiger partial charge in [0.15, 0.2) is 0 Å². The highest BCUT2D eigenvalue weighted by Crippen LogP contribution is 2.34. The summed E-state index contributed by atoms with van der Waals surface area (Å²) in [6.45, 7) is 0. The second-order valence-electron chi connectivity index (χ2n) is 4.37. The van der Waals surface area contributed by atoms with Gasteiger partial charge in [0, 0.05) is 10.9 Å². The summed E-state index contributed by atoms with van der Waals surface area (Å²) in [5.41, 5.74) is 1.32. The van der Waals surface area contributed by atoms with Crippen LogP contribution in [0.1, 0.15) is 10.4 Å². The summed E-state index contributed by atoms with van der Waals surface area (Å²) in [5, 5.41) is 20.0. The number of carbonyl (C=O) groups is 1. The first-order chi connectivity index (χ1) is 9.68. The number of hydrogen-bond acceptors (Lipinski definition) is 3. The van der Waals surface area contributed by atoms with Crippen molar-refractivity contribution >= 4 is 16.9 Å². The van der Waals surface area contributed by atoms with Gasteiger partial charge in [0.1, 0.15) is 11.3 Å². The molecule has 0 aliphatic rings. The van der Waals surface area contributed by atoms with Gasteiger partial charge in [-0.2, -0.15) is 0 Å². The summed E-state index contributed by atoms with van der Waals surface area (Å²) in [5.74, 6) is -1.44. The van der Waals surface area contributed by atoms with Crippen molar-refractivity contribution in [3.63, 3.8) is 0 Å². The maximum Gasteiger partial charge on any atom is 0.341 e. The van der Waals surface area contributed by atoms with E-state index in [1.807, 2.05) is 6.07 Å². The smallest absolute Gasteiger partial charge is 0.341 e. The number of aromatic carboxylic acids is 1. The third-order valence-electron chi connectivity index (χ3n) is 3.13. The fourth-order valence-electron chi connectivity index (χ4n) is 2.20. The second-order valence-corrected chi connectivity index (χ2v) is 4.37. The maximum absolute atomic E-state index is 11.5. The van der Waals surface area contributed by atoms with Crippen LogP contribution >= 0.6 is 0 Å². The zero-order chi connectivity index (χ0) is 14.1. The average Bonchev–Trinajstić information content (AvgIpc) is 2.47. The Hall–Kier alpha value is -2.88. The van der Waals surface area contributed by atoms with Gasteiger partial charge in [0.05, 0.1) is 11.2 Å². The van der Waals surface area contributed by atoms with Crippen LogP contribution in [0.4, 0.5) is 0 Å². The van der Waals surface area contributed by atoms with E-state index < -0.39 is 5.97 Å². The SMILES string of the molecule is O=C(O)c1c(-c2ccccc2)nc2ccccc2c1O. The molecule has 1 aromatic heterocycles. The fourth-order valence-corrected chi connectivity index (χ4v) is 2.20. The van der Waals surface area contributed by atoms with Crippen molar-refractivity contribution in [1.82, 2.24) is 4.98 Å². The highest BCUT2D eigenvalue weighted by Gasteiger charge is 2.21. The molecule has 0 aliphatic heterocycles. The largest absolute Gasteiger partial charge is 0.506 e. The van der Waals surface area contributed by atoms with E-state index in [1.54, 1.807) is 48.5 Å². The molecular weight excluding hydrogens is 254 g/mol. The molecule has 0 aliphatic carbocycles. The molecule has 4 heteroatoms. The minimum Gasteiger partial charge on any atom is -0.506 e. The van der Waals surface area contributed by atoms with Gasteiger partial charge in [0.25, 0.3) is 0 Å². The fraction of sp³-hybridized carbons (Fsp3) is 0. The van der Waals surface area contributed by atoms with Crippen LogP contribution in [-0.2, 0) is 0 Å². The molecule has 0 radical (unpaired) electrons. The van der Waals surface area contributed by atoms with Gasteiger partial charge in [-0.15, -0.1) is 0 Å². The highest BCUT2D eigenvalue weighted by atomic mass is 16.4. The van der Waals surface area contributed by atoms with Crippen molar-refractivity contribution in [1.29, 1.82) is 0 Å². The normalized spacial score (nSPS) is 10.6. The van der Waals surface area contributed by atoms with E-state index in [1.165, 1.54) is 0 Å². The summed E-state index contributed by atoms with van der Waals surface area (Å²) >= 11 is 0. The third-order valence-corrected chi connectivity index (χ3v) is 3.13. The van der Waals surface area contributed by atoms with Crippen LogP contribution < -0.4 is 0 Å². The highest BCUT2D eigenvalue weighted by molar-refractivity contribution is 6.04. The third kappa shape index (κ3) is 1.87. The zero-order valence-electron chi connectivity index (χ0n) is 10.4. The Labute approximate surface area is 115 Å². The Bertz CT molecular complexity index is 797. The standard InChI is InChI=1S/C16H11NO3/c18-15-11-8-4-5-9-12(11)17-14(13(15)16(19)20)10-6-2-1-3-7-10/h1-9H,(H,17,18)(H,19,20). The van der Waals surface area contributed by atoms with E-state index >= 15 is 0 Å². The minimum absolute atomic E-state index is 0.171. The molecule has 0 spiro atoms. The van der Waals surface area contributed by atoms with Crippen LogP contribution in [0.15, 0.2) is 54.6 Å². The number of pyridine rings is 1. The summed E-state index contributed by atoms with van der Waals surface area (Å²) < 4.78 is 0. The van der Waals surface area contributed by atoms with E-state index in [2.05, 4.69) is 4.98 Å². The quantitative estimate of drug-likeness (QED) is 0.745. The first-order valence-electron chi connectivity index (χ1n) is 6.09. The van der Waals surface area contributed by atoms with E-state index in [0.717, 1.165) is 0 Å². The molecule has 98 valence electrons. The molecule has 3 aromatic rings. The number of carboxylic acid groups (broad SMARTS) is 1. The molecule has 0 fully saturated rings. The number of para-hydroxylation sites is 1. The Morgan fingerprint density at radius 2 is 1.60 bits per heavy atom. The molecule has 0 unspecified atom stereocenters. The number of aromatic hydroxyl groups is 1. The molecule has 2 N–H and O–H groups in total. The Balaban J connectivity index is 2.41. The van der Waals surface area contributed by atoms with Gasteiger partial charge in [-0.3, -0.25) is 0 Å². The molecular formula is C16H11NO3. The van der Waals surface area contributed by atoms with Crippen molar-refractivity contribution in [2.45, 2.75) is 0 Å². The summed E-state index contributed by atoms with van der Waals surface area (Å²) in [6.07, 6.45) is 0. The number of carboxylic acids is 1. The molecule has 0 bridgehead atoms. The van der Waals surface area contributed by atoms with Gasteiger partial charge in [-0.1, -0.05) is 42.5 Å². The van der Waals surface area contributed by atoms with E-state index in [9.17, 15) is 15.0 Å². The Morgan fingerprint density at radius 3 is 2.30 bits per heavy atom. The average molecular weight is 265 g/mol. The lowest BCUT2D eigenvalue weighted by Gasteiger charge is -2.10.